The minimum absolute atomic E-state index is 0.0728. The van der Waals surface area contributed by atoms with Crippen LogP contribution in [0.4, 0.5) is 0 Å². The Morgan fingerprint density at radius 3 is 2.65 bits per heavy atom. The Morgan fingerprint density at radius 2 is 1.90 bits per heavy atom. The Kier molecular flexibility index (Phi) is 5.74. The molecule has 0 spiro atoms. The number of aliphatic hydroxyl groups excluding tert-OH is 3. The van der Waals surface area contributed by atoms with Gasteiger partial charge in [-0.3, -0.25) is 0 Å². The number of fused-ring (bicyclic) bond motifs is 1. The van der Waals surface area contributed by atoms with E-state index in [-0.39, 0.29) is 18.3 Å². The molecule has 1 heterocycles. The van der Waals surface area contributed by atoms with Crippen molar-refractivity contribution in [3.05, 3.63) is 35.5 Å². The minimum atomic E-state index is -0.626. The van der Waals surface area contributed by atoms with E-state index in [9.17, 15) is 15.3 Å². The van der Waals surface area contributed by atoms with Gasteiger partial charge in [-0.15, -0.1) is 0 Å². The first-order valence-corrected chi connectivity index (χ1v) is 12.6. The number of hydrogen-bond donors (Lipinski definition) is 3. The van der Waals surface area contributed by atoms with Gasteiger partial charge >= 0.3 is 0 Å². The molecule has 0 radical (unpaired) electrons. The van der Waals surface area contributed by atoms with Crippen molar-refractivity contribution >= 4 is 0 Å². The fraction of sp³-hybridized carbons (Fsp3) is 0.778. The predicted octanol–water partition coefficient (Wildman–Crippen LogP) is 4.30. The molecule has 31 heavy (non-hydrogen) atoms. The van der Waals surface area contributed by atoms with Crippen LogP contribution in [0.2, 0.25) is 0 Å². The van der Waals surface area contributed by atoms with Gasteiger partial charge in [0.05, 0.1) is 24.4 Å². The topological polar surface area (TPSA) is 73.2 Å². The van der Waals surface area contributed by atoms with Crippen LogP contribution in [0, 0.1) is 29.1 Å². The van der Waals surface area contributed by atoms with Gasteiger partial charge in [-0.1, -0.05) is 38.2 Å². The maximum absolute atomic E-state index is 10.5. The molecule has 4 saturated carbocycles. The molecule has 5 fully saturated rings. The summed E-state index contributed by atoms with van der Waals surface area (Å²) in [6, 6.07) is 0. The molecule has 5 rings (SSSR count). The van der Waals surface area contributed by atoms with E-state index in [1.54, 1.807) is 0 Å². The van der Waals surface area contributed by atoms with Gasteiger partial charge in [0.15, 0.2) is 0 Å². The summed E-state index contributed by atoms with van der Waals surface area (Å²) in [6.45, 7) is 8.91. The van der Waals surface area contributed by atoms with Crippen molar-refractivity contribution in [2.24, 2.45) is 29.1 Å². The molecule has 172 valence electrons. The van der Waals surface area contributed by atoms with Crippen LogP contribution >= 0.6 is 0 Å². The van der Waals surface area contributed by atoms with Gasteiger partial charge in [0.2, 0.25) is 0 Å². The van der Waals surface area contributed by atoms with E-state index in [1.807, 2.05) is 0 Å². The normalized spacial score (nSPS) is 47.5. The fourth-order valence-electron chi connectivity index (χ4n) is 7.38. The molecular formula is C27H40O4. The highest BCUT2D eigenvalue weighted by atomic mass is 16.6. The van der Waals surface area contributed by atoms with Crippen LogP contribution in [0.3, 0.4) is 0 Å². The van der Waals surface area contributed by atoms with Crippen molar-refractivity contribution in [3.8, 4) is 0 Å². The van der Waals surface area contributed by atoms with E-state index in [4.69, 9.17) is 4.74 Å². The van der Waals surface area contributed by atoms with E-state index in [0.29, 0.717) is 41.9 Å². The van der Waals surface area contributed by atoms with Crippen molar-refractivity contribution in [3.63, 3.8) is 0 Å². The summed E-state index contributed by atoms with van der Waals surface area (Å²) in [7, 11) is 0. The third-order valence-corrected chi connectivity index (χ3v) is 9.46. The number of epoxide rings is 1. The minimum Gasteiger partial charge on any atom is -0.393 e. The fourth-order valence-corrected chi connectivity index (χ4v) is 7.38. The molecule has 5 aliphatic rings. The van der Waals surface area contributed by atoms with Crippen molar-refractivity contribution < 1.29 is 20.1 Å². The van der Waals surface area contributed by atoms with Gasteiger partial charge in [0, 0.05) is 6.42 Å². The second-order valence-electron chi connectivity index (χ2n) is 11.4. The third-order valence-electron chi connectivity index (χ3n) is 9.46. The van der Waals surface area contributed by atoms with Gasteiger partial charge in [0.25, 0.3) is 0 Å². The lowest BCUT2D eigenvalue weighted by molar-refractivity contribution is 0.0847. The van der Waals surface area contributed by atoms with Crippen LogP contribution in [0.5, 0.6) is 0 Å². The molecule has 9 atom stereocenters. The summed E-state index contributed by atoms with van der Waals surface area (Å²) >= 11 is 0. The lowest BCUT2D eigenvalue weighted by Crippen LogP contribution is -2.38. The number of allylic oxidation sites excluding steroid dienone is 3. The molecule has 4 heteroatoms. The van der Waals surface area contributed by atoms with Crippen molar-refractivity contribution in [1.29, 1.82) is 0 Å². The van der Waals surface area contributed by atoms with Gasteiger partial charge in [-0.05, 0) is 91.6 Å². The van der Waals surface area contributed by atoms with Crippen molar-refractivity contribution in [2.75, 3.05) is 0 Å². The summed E-state index contributed by atoms with van der Waals surface area (Å²) in [5.41, 5.74) is 3.60. The average Bonchev–Trinajstić information content (AvgIpc) is 3.64. The van der Waals surface area contributed by atoms with E-state index < -0.39 is 12.2 Å². The van der Waals surface area contributed by atoms with E-state index in [1.165, 1.54) is 31.3 Å². The molecule has 0 aromatic carbocycles. The molecular weight excluding hydrogens is 388 g/mol. The molecule has 1 saturated heterocycles. The van der Waals surface area contributed by atoms with Crippen LogP contribution in [0.1, 0.15) is 71.6 Å². The Morgan fingerprint density at radius 1 is 1.13 bits per heavy atom. The van der Waals surface area contributed by atoms with Gasteiger partial charge < -0.3 is 20.1 Å². The maximum Gasteiger partial charge on any atom is 0.111 e. The molecule has 1 aliphatic heterocycles. The van der Waals surface area contributed by atoms with Gasteiger partial charge in [0.1, 0.15) is 6.10 Å². The Bertz CT molecular complexity index is 780. The van der Waals surface area contributed by atoms with E-state index in [0.717, 1.165) is 30.4 Å². The molecule has 0 bridgehead atoms. The zero-order chi connectivity index (χ0) is 21.9. The van der Waals surface area contributed by atoms with Crippen molar-refractivity contribution in [1.82, 2.24) is 0 Å². The number of ether oxygens (including phenoxy) is 1. The van der Waals surface area contributed by atoms with E-state index >= 15 is 0 Å². The summed E-state index contributed by atoms with van der Waals surface area (Å²) in [5.74, 6) is 2.22. The van der Waals surface area contributed by atoms with Crippen LogP contribution in [-0.2, 0) is 4.74 Å². The number of hydrogen-bond acceptors (Lipinski definition) is 4. The molecule has 4 nitrogen and oxygen atoms in total. The van der Waals surface area contributed by atoms with E-state index in [2.05, 4.69) is 32.6 Å². The first-order valence-electron chi connectivity index (χ1n) is 12.6. The first kappa shape index (κ1) is 21.9. The van der Waals surface area contributed by atoms with Crippen LogP contribution in [0.15, 0.2) is 35.5 Å². The highest BCUT2D eigenvalue weighted by Crippen LogP contribution is 2.61. The summed E-state index contributed by atoms with van der Waals surface area (Å²) in [4.78, 5) is 0. The largest absolute Gasteiger partial charge is 0.393 e. The smallest absolute Gasteiger partial charge is 0.111 e. The standard InChI is InChI=1S/C27H40O4/c1-15-19(13-20(28)14-23(15)29)9-6-17-5-4-12-27(3)21(10-11-22(17)27)16(2)25-26(31-25)24(30)18-7-8-18/h6,9,16,18,20-26,28-30H,1,4-5,7-8,10-14H2,2-3H3/t16?,20-,21-,22?,23+,24?,25?,26?,27-/m1/s1. The summed E-state index contributed by atoms with van der Waals surface area (Å²) in [6.07, 6.45) is 12.8. The lowest BCUT2D eigenvalue weighted by atomic mass is 9.60. The highest BCUT2D eigenvalue weighted by Gasteiger charge is 2.58. The third kappa shape index (κ3) is 3.99. The lowest BCUT2D eigenvalue weighted by Gasteiger charge is -2.44. The van der Waals surface area contributed by atoms with Crippen molar-refractivity contribution in [2.45, 2.75) is 102 Å². The zero-order valence-electron chi connectivity index (χ0n) is 19.2. The SMILES string of the molecule is C=C1C(=CC=C2CCC[C@@]3(C)C2CC[C@@H]3C(C)C2OC2C(O)C2CC2)C[C@@H](O)C[C@@H]1O. The van der Waals surface area contributed by atoms with Crippen LogP contribution < -0.4 is 0 Å². The molecule has 4 aliphatic carbocycles. The maximum atomic E-state index is 10.5. The van der Waals surface area contributed by atoms with Gasteiger partial charge in [-0.25, -0.2) is 0 Å². The molecule has 0 aromatic rings. The predicted molar refractivity (Wildman–Crippen MR) is 121 cm³/mol. The Labute approximate surface area is 187 Å². The monoisotopic (exact) mass is 428 g/mol. The molecule has 0 aromatic heterocycles. The first-order chi connectivity index (χ1) is 14.8. The summed E-state index contributed by atoms with van der Waals surface area (Å²) in [5, 5.41) is 30.7. The van der Waals surface area contributed by atoms with Gasteiger partial charge in [-0.2, -0.15) is 0 Å². The number of aliphatic hydroxyl groups is 3. The molecule has 0 amide bonds. The Balaban J connectivity index is 1.30. The number of rotatable bonds is 5. The van der Waals surface area contributed by atoms with Crippen LogP contribution in [-0.4, -0.2) is 45.8 Å². The van der Waals surface area contributed by atoms with Crippen LogP contribution in [0.25, 0.3) is 0 Å². The quantitative estimate of drug-likeness (QED) is 0.571. The zero-order valence-corrected chi connectivity index (χ0v) is 19.2. The second kappa shape index (κ2) is 8.13. The second-order valence-corrected chi connectivity index (χ2v) is 11.4. The highest BCUT2D eigenvalue weighted by molar-refractivity contribution is 5.38. The summed E-state index contributed by atoms with van der Waals surface area (Å²) < 4.78 is 6.03. The molecule has 3 N–H and O–H groups in total. The average molecular weight is 429 g/mol. The Hall–Kier alpha value is -0.940. The molecule has 5 unspecified atom stereocenters.